The van der Waals surface area contributed by atoms with Crippen LogP contribution in [0.4, 0.5) is 4.79 Å². The first-order chi connectivity index (χ1) is 28.5. The molecule has 8 rings (SSSR count). The number of nitrogens with one attached hydrogen (secondary N) is 2. The van der Waals surface area contributed by atoms with Crippen LogP contribution in [-0.4, -0.2) is 42.1 Å². The van der Waals surface area contributed by atoms with Gasteiger partial charge in [0.1, 0.15) is 0 Å². The predicted octanol–water partition coefficient (Wildman–Crippen LogP) is 14.1. The van der Waals surface area contributed by atoms with Gasteiger partial charge in [-0.3, -0.25) is 0 Å². The van der Waals surface area contributed by atoms with Crippen molar-refractivity contribution < 1.29 is 14.3 Å². The van der Waals surface area contributed by atoms with Gasteiger partial charge < -0.3 is 20.3 Å². The molecule has 0 bridgehead atoms. The Balaban J connectivity index is 0.000000388. The Bertz CT molecular complexity index is 1770. The lowest BCUT2D eigenvalue weighted by molar-refractivity contribution is -0.114. The minimum absolute atomic E-state index is 0. The number of urea groups is 1. The third kappa shape index (κ3) is 10.2. The van der Waals surface area contributed by atoms with Crippen LogP contribution < -0.4 is 10.6 Å². The summed E-state index contributed by atoms with van der Waals surface area (Å²) in [7, 11) is 1.44. The van der Waals surface area contributed by atoms with Crippen LogP contribution in [0.1, 0.15) is 162 Å². The molecule has 6 heteroatoms. The van der Waals surface area contributed by atoms with Crippen molar-refractivity contribution in [2.75, 3.05) is 13.7 Å². The van der Waals surface area contributed by atoms with Gasteiger partial charge in [0.05, 0.1) is 12.7 Å². The summed E-state index contributed by atoms with van der Waals surface area (Å²) in [6.07, 6.45) is 32.0. The number of methoxy groups -OCH3 is 1. The van der Waals surface area contributed by atoms with Gasteiger partial charge in [-0.05, 0) is 192 Å². The van der Waals surface area contributed by atoms with Gasteiger partial charge in [-0.15, -0.1) is 6.58 Å². The van der Waals surface area contributed by atoms with E-state index in [0.717, 1.165) is 62.3 Å². The van der Waals surface area contributed by atoms with E-state index in [-0.39, 0.29) is 32.4 Å². The Morgan fingerprint density at radius 3 is 2.21 bits per heavy atom. The van der Waals surface area contributed by atoms with Crippen LogP contribution in [0.25, 0.3) is 5.57 Å². The number of carbonyl (C=O) groups excluding carboxylic acids is 2. The third-order valence-electron chi connectivity index (χ3n) is 16.3. The minimum atomic E-state index is -0.269. The Morgan fingerprint density at radius 2 is 1.59 bits per heavy atom. The normalized spacial score (nSPS) is 34.4. The smallest absolute Gasteiger partial charge is 0.337 e. The summed E-state index contributed by atoms with van der Waals surface area (Å²) in [4.78, 5) is 27.7. The summed E-state index contributed by atoms with van der Waals surface area (Å²) in [6, 6.07) is 8.68. The largest absolute Gasteiger partial charge is 0.465 e. The summed E-state index contributed by atoms with van der Waals surface area (Å²) in [5, 5.41) is 6.91. The van der Waals surface area contributed by atoms with Crippen molar-refractivity contribution in [2.24, 2.45) is 52.8 Å². The van der Waals surface area contributed by atoms with Gasteiger partial charge in [0.2, 0.25) is 0 Å². The van der Waals surface area contributed by atoms with Crippen molar-refractivity contribution in [3.8, 4) is 0 Å². The number of hydrogen-bond donors (Lipinski definition) is 2. The van der Waals surface area contributed by atoms with Gasteiger partial charge in [0.15, 0.2) is 0 Å². The summed E-state index contributed by atoms with van der Waals surface area (Å²) in [6.45, 7) is 21.8. The Labute approximate surface area is 372 Å². The van der Waals surface area contributed by atoms with E-state index < -0.39 is 0 Å². The molecule has 1 aliphatic heterocycles. The molecule has 338 valence electrons. The number of allylic oxidation sites excluding steroid dienone is 7. The van der Waals surface area contributed by atoms with Gasteiger partial charge in [0, 0.05) is 23.8 Å². The van der Waals surface area contributed by atoms with Gasteiger partial charge >= 0.3 is 12.0 Å². The fourth-order valence-corrected chi connectivity index (χ4v) is 13.7. The van der Waals surface area contributed by atoms with E-state index in [9.17, 15) is 9.59 Å². The highest BCUT2D eigenvalue weighted by Gasteiger charge is 2.62. The number of likely N-dealkylation sites (tertiary alicyclic amines) is 1. The van der Waals surface area contributed by atoms with E-state index in [1.807, 2.05) is 19.1 Å². The molecule has 6 aliphatic carbocycles. The number of benzene rings is 1. The summed E-state index contributed by atoms with van der Waals surface area (Å²) >= 11 is 0. The topological polar surface area (TPSA) is 70.7 Å². The summed E-state index contributed by atoms with van der Waals surface area (Å²) in [5.74, 6) is 5.55. The second-order valence-corrected chi connectivity index (χ2v) is 19.4. The number of carbonyl (C=O) groups is 2. The SMILES string of the molecule is C.C.C=CC.C=CN/C(=C\CC)C1=CCCC=C1.COC(=O)c1ccc(C2=CCC3(C)C(CCC4C5CCC6(NC(=O)N7CCC[C@H]7C)CC[C@@H](C)C6C5CCC43)C2C)cc1. The highest BCUT2D eigenvalue weighted by atomic mass is 16.5. The Morgan fingerprint density at radius 1 is 0.902 bits per heavy atom. The maximum Gasteiger partial charge on any atom is 0.337 e. The molecule has 5 fully saturated rings. The zero-order valence-corrected chi connectivity index (χ0v) is 37.7. The van der Waals surface area contributed by atoms with Crippen molar-refractivity contribution >= 4 is 17.6 Å². The molecular weight excluding hydrogens is 751 g/mol. The number of ether oxygens (including phenoxy) is 1. The first-order valence-electron chi connectivity index (χ1n) is 23.5. The van der Waals surface area contributed by atoms with Crippen LogP contribution in [0.2, 0.25) is 0 Å². The maximum atomic E-state index is 13.6. The number of nitrogens with zero attached hydrogens (tertiary/aromatic N) is 1. The Kier molecular flexibility index (Phi) is 18.0. The second kappa shape index (κ2) is 22.0. The lowest BCUT2D eigenvalue weighted by Gasteiger charge is -2.63. The molecule has 1 aromatic carbocycles. The molecule has 0 spiro atoms. The van der Waals surface area contributed by atoms with Crippen molar-refractivity contribution in [1.82, 2.24) is 15.5 Å². The first kappa shape index (κ1) is 49.9. The molecule has 61 heavy (non-hydrogen) atoms. The van der Waals surface area contributed by atoms with E-state index in [4.69, 9.17) is 4.74 Å². The zero-order valence-electron chi connectivity index (χ0n) is 37.7. The lowest BCUT2D eigenvalue weighted by atomic mass is 9.43. The lowest BCUT2D eigenvalue weighted by Crippen LogP contribution is -2.63. The molecule has 1 aromatic rings. The maximum absolute atomic E-state index is 13.6. The fraction of sp³-hybridized carbons (Fsp3) is 0.636. The third-order valence-corrected chi connectivity index (χ3v) is 16.3. The number of fused-ring (bicyclic) bond motifs is 7. The van der Waals surface area contributed by atoms with Gasteiger partial charge in [-0.25, -0.2) is 9.59 Å². The molecule has 7 aliphatic rings. The van der Waals surface area contributed by atoms with Crippen molar-refractivity contribution in [2.45, 2.75) is 158 Å². The molecule has 4 saturated carbocycles. The van der Waals surface area contributed by atoms with Crippen LogP contribution in [0.15, 0.2) is 91.3 Å². The minimum Gasteiger partial charge on any atom is -0.465 e. The van der Waals surface area contributed by atoms with Crippen molar-refractivity contribution in [1.29, 1.82) is 0 Å². The van der Waals surface area contributed by atoms with Crippen LogP contribution in [0.3, 0.4) is 0 Å². The molecular formula is C55H85N3O3. The predicted molar refractivity (Wildman–Crippen MR) is 259 cm³/mol. The molecule has 1 saturated heterocycles. The average molecular weight is 836 g/mol. The highest BCUT2D eigenvalue weighted by Crippen LogP contribution is 2.67. The highest BCUT2D eigenvalue weighted by molar-refractivity contribution is 5.89. The van der Waals surface area contributed by atoms with E-state index in [2.05, 4.69) is 106 Å². The Hall–Kier alpha value is -3.80. The van der Waals surface area contributed by atoms with Gasteiger partial charge in [-0.2, -0.15) is 0 Å². The summed E-state index contributed by atoms with van der Waals surface area (Å²) < 4.78 is 4.92. The standard InChI is InChI=1S/C38H54N2O3.C12H17N.C3H6.2CH4/c1-23-16-20-38(39-36(42)40-22-6-7-24(40)2)21-18-29-30-12-14-32-25(3)28(26-8-10-27(11-9-26)35(41)43-5)17-19-37(32,4)33(30)15-13-31(29)34(23)38;1-3-8-12(13-4-2)11-9-6-5-7-10-11;1-3-2;;/h8-11,17,23-25,29-34H,6-7,12-16,18-22H2,1-5H3,(H,39,42);4,6,8-10,13H,2-3,5,7H2,1H3;3H,1H2,2H3;2*1H4/b;12-8-;;;/t23-,24-,25?,29?,30?,31?,32?,33?,34?,37?,38?;;;;/m1..../s1. The van der Waals surface area contributed by atoms with E-state index >= 15 is 0 Å². The molecule has 2 N–H and O–H groups in total. The molecule has 0 radical (unpaired) electrons. The number of rotatable bonds is 7. The number of esters is 1. The summed E-state index contributed by atoms with van der Waals surface area (Å²) in [5.41, 5.74) is 6.19. The van der Waals surface area contributed by atoms with Crippen LogP contribution in [0.5, 0.6) is 0 Å². The van der Waals surface area contributed by atoms with Crippen LogP contribution >= 0.6 is 0 Å². The van der Waals surface area contributed by atoms with E-state index in [1.54, 1.807) is 12.3 Å². The molecule has 9 unspecified atom stereocenters. The zero-order chi connectivity index (χ0) is 42.3. The van der Waals surface area contributed by atoms with Gasteiger partial charge in [0.25, 0.3) is 0 Å². The molecule has 1 heterocycles. The molecule has 0 aromatic heterocycles. The monoisotopic (exact) mass is 836 g/mol. The number of hydrogen-bond acceptors (Lipinski definition) is 4. The second-order valence-electron chi connectivity index (χ2n) is 19.4. The van der Waals surface area contributed by atoms with E-state index in [1.165, 1.54) is 87.3 Å². The average Bonchev–Trinajstić information content (AvgIpc) is 3.83. The molecule has 6 nitrogen and oxygen atoms in total. The van der Waals surface area contributed by atoms with Crippen molar-refractivity contribution in [3.63, 3.8) is 0 Å². The van der Waals surface area contributed by atoms with Gasteiger partial charge in [-0.1, -0.05) is 97.7 Å². The van der Waals surface area contributed by atoms with Crippen LogP contribution in [-0.2, 0) is 4.74 Å². The number of amides is 2. The molecule has 2 amide bonds. The fourth-order valence-electron chi connectivity index (χ4n) is 13.7. The van der Waals surface area contributed by atoms with Crippen molar-refractivity contribution in [3.05, 3.63) is 102 Å². The van der Waals surface area contributed by atoms with Crippen LogP contribution in [0, 0.1) is 52.8 Å². The first-order valence-corrected chi connectivity index (χ1v) is 23.5. The quantitative estimate of drug-likeness (QED) is 0.212. The molecule has 11 atom stereocenters. The van der Waals surface area contributed by atoms with E-state index in [0.29, 0.717) is 40.7 Å².